The summed E-state index contributed by atoms with van der Waals surface area (Å²) in [5.41, 5.74) is 2.55. The van der Waals surface area contributed by atoms with Gasteiger partial charge in [0.1, 0.15) is 12.4 Å². The van der Waals surface area contributed by atoms with Crippen molar-refractivity contribution in [1.29, 1.82) is 0 Å². The first-order chi connectivity index (χ1) is 12.9. The summed E-state index contributed by atoms with van der Waals surface area (Å²) in [7, 11) is 0. The quantitative estimate of drug-likeness (QED) is 0.770. The van der Waals surface area contributed by atoms with Crippen molar-refractivity contribution in [3.05, 3.63) is 59.9 Å². The summed E-state index contributed by atoms with van der Waals surface area (Å²) in [6.45, 7) is 7.62. The van der Waals surface area contributed by atoms with Crippen LogP contribution in [0.15, 0.2) is 48.5 Å². The zero-order chi connectivity index (χ0) is 19.8. The summed E-state index contributed by atoms with van der Waals surface area (Å²) in [6, 6.07) is 13.5. The molecule has 0 fully saturated rings. The lowest BCUT2D eigenvalue weighted by atomic mass is 10.2. The summed E-state index contributed by atoms with van der Waals surface area (Å²) >= 11 is 0. The smallest absolute Gasteiger partial charge is 0.244 e. The molecule has 2 aromatic carbocycles. The van der Waals surface area contributed by atoms with Gasteiger partial charge in [0.2, 0.25) is 11.8 Å². The van der Waals surface area contributed by atoms with E-state index < -0.39 is 0 Å². The van der Waals surface area contributed by atoms with Crippen LogP contribution in [0.5, 0.6) is 0 Å². The van der Waals surface area contributed by atoms with Crippen LogP contribution in [0, 0.1) is 5.82 Å². The lowest BCUT2D eigenvalue weighted by Gasteiger charge is -2.22. The zero-order valence-electron chi connectivity index (χ0n) is 16.0. The Bertz CT molecular complexity index is 756. The number of carbonyl (C=O) groups is 2. The number of anilines is 2. The Balaban J connectivity index is 1.97. The summed E-state index contributed by atoms with van der Waals surface area (Å²) in [4.78, 5) is 27.8. The zero-order valence-corrected chi connectivity index (χ0v) is 16.0. The molecule has 2 rings (SSSR count). The Kier molecular flexibility index (Phi) is 7.34. The summed E-state index contributed by atoms with van der Waals surface area (Å²) in [6.07, 6.45) is 0. The minimum Gasteiger partial charge on any atom is -0.372 e. The van der Waals surface area contributed by atoms with Crippen molar-refractivity contribution >= 4 is 23.2 Å². The first-order valence-corrected chi connectivity index (χ1v) is 9.07. The fraction of sp³-hybridized carbons (Fsp3) is 0.333. The van der Waals surface area contributed by atoms with Gasteiger partial charge in [0.25, 0.3) is 0 Å². The van der Waals surface area contributed by atoms with Crippen LogP contribution in [-0.2, 0) is 16.1 Å². The first-order valence-electron chi connectivity index (χ1n) is 9.07. The molecule has 6 heteroatoms. The third-order valence-electron chi connectivity index (χ3n) is 4.35. The number of halogens is 1. The summed E-state index contributed by atoms with van der Waals surface area (Å²) < 4.78 is 13.0. The second-order valence-electron chi connectivity index (χ2n) is 6.27. The van der Waals surface area contributed by atoms with E-state index in [0.29, 0.717) is 5.69 Å². The van der Waals surface area contributed by atoms with Crippen molar-refractivity contribution < 1.29 is 14.0 Å². The lowest BCUT2D eigenvalue weighted by Crippen LogP contribution is -2.36. The standard InChI is InChI=1S/C21H26FN3O2/c1-4-24(5-2)20-12-10-19(11-13-20)23-21(27)15-25(16(3)26)14-17-6-8-18(22)9-7-17/h6-13H,4-5,14-15H2,1-3H3,(H,23,27). The number of hydrogen-bond donors (Lipinski definition) is 1. The van der Waals surface area contributed by atoms with Gasteiger partial charge < -0.3 is 15.1 Å². The summed E-state index contributed by atoms with van der Waals surface area (Å²) in [5, 5.41) is 2.81. The van der Waals surface area contributed by atoms with Crippen LogP contribution in [-0.4, -0.2) is 36.3 Å². The molecule has 5 nitrogen and oxygen atoms in total. The first kappa shape index (κ1) is 20.4. The highest BCUT2D eigenvalue weighted by Crippen LogP contribution is 2.17. The highest BCUT2D eigenvalue weighted by Gasteiger charge is 2.14. The number of nitrogens with one attached hydrogen (secondary N) is 1. The Hall–Kier alpha value is -2.89. The molecule has 0 aliphatic carbocycles. The van der Waals surface area contributed by atoms with Gasteiger partial charge in [0, 0.05) is 37.9 Å². The van der Waals surface area contributed by atoms with Crippen LogP contribution in [0.2, 0.25) is 0 Å². The molecule has 2 amide bonds. The molecule has 1 N–H and O–H groups in total. The van der Waals surface area contributed by atoms with Gasteiger partial charge in [-0.05, 0) is 55.8 Å². The van der Waals surface area contributed by atoms with Gasteiger partial charge in [-0.2, -0.15) is 0 Å². The third kappa shape index (κ3) is 6.09. The molecule has 0 aliphatic rings. The molecule has 0 saturated carbocycles. The number of nitrogens with zero attached hydrogens (tertiary/aromatic N) is 2. The lowest BCUT2D eigenvalue weighted by molar-refractivity contribution is -0.133. The van der Waals surface area contributed by atoms with Gasteiger partial charge in [-0.15, -0.1) is 0 Å². The minimum atomic E-state index is -0.334. The van der Waals surface area contributed by atoms with Gasteiger partial charge in [-0.3, -0.25) is 9.59 Å². The molecule has 0 aromatic heterocycles. The Labute approximate surface area is 159 Å². The molecule has 2 aromatic rings. The fourth-order valence-corrected chi connectivity index (χ4v) is 2.81. The van der Waals surface area contributed by atoms with E-state index in [-0.39, 0.29) is 30.7 Å². The van der Waals surface area contributed by atoms with E-state index in [0.717, 1.165) is 24.3 Å². The normalized spacial score (nSPS) is 10.4. The molecule has 144 valence electrons. The van der Waals surface area contributed by atoms with E-state index in [9.17, 15) is 14.0 Å². The molecule has 0 saturated heterocycles. The molecule has 0 radical (unpaired) electrons. The van der Waals surface area contributed by atoms with E-state index >= 15 is 0 Å². The van der Waals surface area contributed by atoms with Crippen LogP contribution >= 0.6 is 0 Å². The highest BCUT2D eigenvalue weighted by molar-refractivity contribution is 5.94. The topological polar surface area (TPSA) is 52.7 Å². The monoisotopic (exact) mass is 371 g/mol. The molecule has 0 bridgehead atoms. The minimum absolute atomic E-state index is 0.0650. The maximum Gasteiger partial charge on any atom is 0.244 e. The van der Waals surface area contributed by atoms with E-state index in [1.54, 1.807) is 12.1 Å². The number of benzene rings is 2. The average Bonchev–Trinajstić information content (AvgIpc) is 2.65. The Morgan fingerprint density at radius 1 is 0.963 bits per heavy atom. The van der Waals surface area contributed by atoms with Crippen molar-refractivity contribution in [2.45, 2.75) is 27.3 Å². The molecule has 0 unspecified atom stereocenters. The van der Waals surface area contributed by atoms with Crippen LogP contribution in [0.3, 0.4) is 0 Å². The summed E-state index contributed by atoms with van der Waals surface area (Å²) in [5.74, 6) is -0.826. The number of rotatable bonds is 8. The van der Waals surface area contributed by atoms with Crippen molar-refractivity contribution in [2.24, 2.45) is 0 Å². The highest BCUT2D eigenvalue weighted by atomic mass is 19.1. The number of hydrogen-bond acceptors (Lipinski definition) is 3. The fourth-order valence-electron chi connectivity index (χ4n) is 2.81. The van der Waals surface area contributed by atoms with Gasteiger partial charge in [0.05, 0.1) is 0 Å². The van der Waals surface area contributed by atoms with Crippen LogP contribution in [0.4, 0.5) is 15.8 Å². The molecule has 0 heterocycles. The van der Waals surface area contributed by atoms with E-state index in [4.69, 9.17) is 0 Å². The molecule has 0 spiro atoms. The second-order valence-corrected chi connectivity index (χ2v) is 6.27. The molecular formula is C21H26FN3O2. The number of amides is 2. The van der Waals surface area contributed by atoms with Crippen molar-refractivity contribution in [1.82, 2.24) is 4.90 Å². The molecule has 0 aliphatic heterocycles. The van der Waals surface area contributed by atoms with Gasteiger partial charge in [-0.25, -0.2) is 4.39 Å². The predicted molar refractivity (Wildman–Crippen MR) is 106 cm³/mol. The van der Waals surface area contributed by atoms with Crippen molar-refractivity contribution in [3.63, 3.8) is 0 Å². The van der Waals surface area contributed by atoms with E-state index in [1.165, 1.54) is 24.0 Å². The maximum absolute atomic E-state index is 13.0. The van der Waals surface area contributed by atoms with Crippen molar-refractivity contribution in [2.75, 3.05) is 29.9 Å². The van der Waals surface area contributed by atoms with Gasteiger partial charge >= 0.3 is 0 Å². The largest absolute Gasteiger partial charge is 0.372 e. The molecule has 0 atom stereocenters. The maximum atomic E-state index is 13.0. The van der Waals surface area contributed by atoms with Gasteiger partial charge in [-0.1, -0.05) is 12.1 Å². The number of carbonyl (C=O) groups excluding carboxylic acids is 2. The van der Waals surface area contributed by atoms with E-state index in [2.05, 4.69) is 24.1 Å². The van der Waals surface area contributed by atoms with Crippen molar-refractivity contribution in [3.8, 4) is 0 Å². The second kappa shape index (κ2) is 9.71. The van der Waals surface area contributed by atoms with Crippen LogP contribution < -0.4 is 10.2 Å². The third-order valence-corrected chi connectivity index (χ3v) is 4.35. The predicted octanol–water partition coefficient (Wildman–Crippen LogP) is 3.66. The SMILES string of the molecule is CCN(CC)c1ccc(NC(=O)CN(Cc2ccc(F)cc2)C(C)=O)cc1. The molecular weight excluding hydrogens is 345 g/mol. The van der Waals surface area contributed by atoms with E-state index in [1.807, 2.05) is 24.3 Å². The van der Waals surface area contributed by atoms with Gasteiger partial charge in [0.15, 0.2) is 0 Å². The van der Waals surface area contributed by atoms with Crippen LogP contribution in [0.25, 0.3) is 0 Å². The Morgan fingerprint density at radius 2 is 1.56 bits per heavy atom. The molecule has 27 heavy (non-hydrogen) atoms. The average molecular weight is 371 g/mol. The Morgan fingerprint density at radius 3 is 2.07 bits per heavy atom. The van der Waals surface area contributed by atoms with Crippen LogP contribution in [0.1, 0.15) is 26.3 Å².